The topological polar surface area (TPSA) is 52.6 Å². The van der Waals surface area contributed by atoms with Crippen LogP contribution >= 0.6 is 0 Å². The van der Waals surface area contributed by atoms with Crippen molar-refractivity contribution in [1.82, 2.24) is 0 Å². The van der Waals surface area contributed by atoms with Gasteiger partial charge in [0.25, 0.3) is 0 Å². The van der Waals surface area contributed by atoms with Crippen LogP contribution in [0.25, 0.3) is 0 Å². The van der Waals surface area contributed by atoms with Gasteiger partial charge in [-0.25, -0.2) is 9.59 Å². The quantitative estimate of drug-likeness (QED) is 0.232. The second kappa shape index (κ2) is 9.09. The molecule has 3 aliphatic carbocycles. The molecule has 0 amide bonds. The van der Waals surface area contributed by atoms with E-state index in [0.29, 0.717) is 28.7 Å². The monoisotopic (exact) mass is 478 g/mol. The van der Waals surface area contributed by atoms with Crippen LogP contribution in [0.1, 0.15) is 70.4 Å². The average Bonchev–Trinajstić information content (AvgIpc) is 3.25. The number of carbonyl (C=O) groups is 2. The van der Waals surface area contributed by atoms with E-state index in [1.165, 1.54) is 16.7 Å². The van der Waals surface area contributed by atoms with Crippen molar-refractivity contribution in [3.63, 3.8) is 0 Å². The normalized spacial score (nSPS) is 26.1. The number of allylic oxidation sites excluding steroid dienone is 2. The van der Waals surface area contributed by atoms with Crippen LogP contribution in [0.5, 0.6) is 5.75 Å². The molecule has 4 heteroatoms. The highest BCUT2D eigenvalue weighted by Gasteiger charge is 2.54. The van der Waals surface area contributed by atoms with Crippen molar-refractivity contribution < 1.29 is 19.1 Å². The highest BCUT2D eigenvalue weighted by molar-refractivity contribution is 5.91. The van der Waals surface area contributed by atoms with Gasteiger partial charge < -0.3 is 9.47 Å². The lowest BCUT2D eigenvalue weighted by Gasteiger charge is -2.46. The maximum atomic E-state index is 12.8. The molecule has 3 aromatic carbocycles. The first kappa shape index (κ1) is 22.8. The maximum Gasteiger partial charge on any atom is 0.343 e. The molecule has 6 rings (SSSR count). The van der Waals surface area contributed by atoms with E-state index in [9.17, 15) is 9.59 Å². The Hall–Kier alpha value is -3.66. The van der Waals surface area contributed by atoms with Crippen molar-refractivity contribution in [2.45, 2.75) is 51.0 Å². The number of benzene rings is 3. The summed E-state index contributed by atoms with van der Waals surface area (Å²) in [6.07, 6.45) is 7.18. The zero-order valence-corrected chi connectivity index (χ0v) is 20.5. The van der Waals surface area contributed by atoms with Gasteiger partial charge in [0, 0.05) is 11.3 Å². The minimum absolute atomic E-state index is 0.0323. The molecule has 0 N–H and O–H groups in total. The van der Waals surface area contributed by atoms with Gasteiger partial charge in [0.05, 0.1) is 11.1 Å². The fourth-order valence-corrected chi connectivity index (χ4v) is 6.66. The molecule has 0 bridgehead atoms. The van der Waals surface area contributed by atoms with E-state index in [0.717, 1.165) is 32.1 Å². The number of hydrogen-bond donors (Lipinski definition) is 0. The van der Waals surface area contributed by atoms with Crippen molar-refractivity contribution in [1.29, 1.82) is 0 Å². The number of esters is 2. The smallest absolute Gasteiger partial charge is 0.343 e. The van der Waals surface area contributed by atoms with Gasteiger partial charge in [0.1, 0.15) is 11.9 Å². The molecule has 0 saturated heterocycles. The molecule has 0 aromatic heterocycles. The van der Waals surface area contributed by atoms with E-state index < -0.39 is 0 Å². The summed E-state index contributed by atoms with van der Waals surface area (Å²) in [6, 6.07) is 24.5. The Labute approximate surface area is 211 Å². The summed E-state index contributed by atoms with van der Waals surface area (Å²) in [5.41, 5.74) is 5.22. The molecule has 0 aliphatic heterocycles. The summed E-state index contributed by atoms with van der Waals surface area (Å²) in [5.74, 6) is 0.847. The molecule has 1 unspecified atom stereocenters. The molecule has 182 valence electrons. The second-order valence-corrected chi connectivity index (χ2v) is 10.5. The summed E-state index contributed by atoms with van der Waals surface area (Å²) in [5, 5.41) is 0. The third-order valence-corrected chi connectivity index (χ3v) is 8.55. The van der Waals surface area contributed by atoms with Gasteiger partial charge in [-0.15, -0.1) is 0 Å². The Morgan fingerprint density at radius 1 is 0.833 bits per heavy atom. The Kier molecular flexibility index (Phi) is 5.75. The van der Waals surface area contributed by atoms with Crippen molar-refractivity contribution in [2.75, 3.05) is 0 Å². The zero-order chi connectivity index (χ0) is 24.7. The fourth-order valence-electron chi connectivity index (χ4n) is 6.66. The highest BCUT2D eigenvalue weighted by atomic mass is 16.5. The molecule has 36 heavy (non-hydrogen) atoms. The summed E-state index contributed by atoms with van der Waals surface area (Å²) >= 11 is 0. The predicted molar refractivity (Wildman–Crippen MR) is 138 cm³/mol. The lowest BCUT2D eigenvalue weighted by atomic mass is 9.59. The lowest BCUT2D eigenvalue weighted by molar-refractivity contribution is -0.0163. The molecule has 0 spiro atoms. The first-order chi connectivity index (χ1) is 17.5. The predicted octanol–water partition coefficient (Wildman–Crippen LogP) is 6.91. The first-order valence-electron chi connectivity index (χ1n) is 12.9. The van der Waals surface area contributed by atoms with Gasteiger partial charge >= 0.3 is 11.9 Å². The van der Waals surface area contributed by atoms with Gasteiger partial charge in [-0.1, -0.05) is 61.0 Å². The first-order valence-corrected chi connectivity index (χ1v) is 12.9. The summed E-state index contributed by atoms with van der Waals surface area (Å²) in [7, 11) is 0. The maximum absolute atomic E-state index is 12.8. The van der Waals surface area contributed by atoms with E-state index in [-0.39, 0.29) is 23.5 Å². The van der Waals surface area contributed by atoms with Crippen LogP contribution in [0.2, 0.25) is 0 Å². The van der Waals surface area contributed by atoms with Crippen LogP contribution < -0.4 is 4.74 Å². The van der Waals surface area contributed by atoms with Gasteiger partial charge in [-0.05, 0) is 85.5 Å². The van der Waals surface area contributed by atoms with Gasteiger partial charge in [0.15, 0.2) is 0 Å². The van der Waals surface area contributed by atoms with Crippen LogP contribution in [0.4, 0.5) is 0 Å². The Bertz CT molecular complexity index is 1330. The van der Waals surface area contributed by atoms with Crippen molar-refractivity contribution >= 4 is 11.9 Å². The highest BCUT2D eigenvalue weighted by Crippen LogP contribution is 2.60. The summed E-state index contributed by atoms with van der Waals surface area (Å²) in [6.45, 7) is 2.31. The number of fused-ring (bicyclic) bond motifs is 5. The van der Waals surface area contributed by atoms with E-state index in [4.69, 9.17) is 9.47 Å². The molecule has 3 aromatic rings. The van der Waals surface area contributed by atoms with Crippen molar-refractivity contribution in [3.8, 4) is 5.75 Å². The number of rotatable bonds is 4. The van der Waals surface area contributed by atoms with Crippen molar-refractivity contribution in [2.24, 2.45) is 11.3 Å². The van der Waals surface area contributed by atoms with Crippen LogP contribution in [-0.2, 0) is 11.2 Å². The van der Waals surface area contributed by atoms with Gasteiger partial charge in [-0.3, -0.25) is 0 Å². The van der Waals surface area contributed by atoms with Gasteiger partial charge in [-0.2, -0.15) is 0 Å². The third kappa shape index (κ3) is 3.95. The average molecular weight is 479 g/mol. The van der Waals surface area contributed by atoms with Crippen molar-refractivity contribution in [3.05, 3.63) is 113 Å². The molecule has 4 atom stereocenters. The zero-order valence-electron chi connectivity index (χ0n) is 20.5. The molecule has 2 saturated carbocycles. The minimum Gasteiger partial charge on any atom is -0.458 e. The summed E-state index contributed by atoms with van der Waals surface area (Å²) in [4.78, 5) is 25.3. The number of carbonyl (C=O) groups excluding carboxylic acids is 2. The Morgan fingerprint density at radius 3 is 2.25 bits per heavy atom. The fraction of sp³-hybridized carbons (Fsp3) is 0.312. The summed E-state index contributed by atoms with van der Waals surface area (Å²) < 4.78 is 11.8. The standard InChI is InChI=1S/C32H30O4/c1-32-19-18-26-25-15-13-24(35-30(33)21-8-4-2-5-9-21)20-23(25)12-14-27(26)28(32)16-17-29(32)36-31(34)22-10-6-3-7-11-22/h2-11,13-15,20,26,28-29H,12,16-19H2,1H3/t26-,28+,29?,32+/m1/s1. The molecular weight excluding hydrogens is 448 g/mol. The molecule has 0 heterocycles. The Morgan fingerprint density at radius 2 is 1.53 bits per heavy atom. The van der Waals surface area contributed by atoms with Gasteiger partial charge in [0.2, 0.25) is 0 Å². The Balaban J connectivity index is 1.18. The second-order valence-electron chi connectivity index (χ2n) is 10.5. The van der Waals surface area contributed by atoms with E-state index in [1.807, 2.05) is 60.7 Å². The number of hydrogen-bond acceptors (Lipinski definition) is 4. The van der Waals surface area contributed by atoms with E-state index in [2.05, 4.69) is 19.1 Å². The molecule has 0 radical (unpaired) electrons. The number of ether oxygens (including phenoxy) is 2. The lowest BCUT2D eigenvalue weighted by Crippen LogP contribution is -2.41. The van der Waals surface area contributed by atoms with Crippen LogP contribution in [0.3, 0.4) is 0 Å². The van der Waals surface area contributed by atoms with Crippen LogP contribution in [0.15, 0.2) is 90.5 Å². The largest absolute Gasteiger partial charge is 0.458 e. The SMILES string of the molecule is C[C@]12CC[C@H]3C(=CCc4cc(OC(=O)c5ccccc5)ccc43)[C@@H]1CCC2OC(=O)c1ccccc1. The van der Waals surface area contributed by atoms with E-state index >= 15 is 0 Å². The molecule has 2 fully saturated rings. The molecule has 3 aliphatic rings. The molecule has 4 nitrogen and oxygen atoms in total. The van der Waals surface area contributed by atoms with Crippen LogP contribution in [0, 0.1) is 11.3 Å². The van der Waals surface area contributed by atoms with E-state index in [1.54, 1.807) is 12.1 Å². The minimum atomic E-state index is -0.335. The van der Waals surface area contributed by atoms with Crippen LogP contribution in [-0.4, -0.2) is 18.0 Å². The third-order valence-electron chi connectivity index (χ3n) is 8.55. The molecular formula is C32H30O4.